The van der Waals surface area contributed by atoms with Gasteiger partial charge in [-0.15, -0.1) is 0 Å². The van der Waals surface area contributed by atoms with Gasteiger partial charge in [-0.1, -0.05) is 48.5 Å². The molecule has 0 saturated heterocycles. The van der Waals surface area contributed by atoms with E-state index in [1.54, 1.807) is 0 Å². The van der Waals surface area contributed by atoms with Crippen LogP contribution in [0.1, 0.15) is 18.6 Å². The molecule has 2 aromatic rings. The molecular weight excluding hydrogens is 224 g/mol. The first kappa shape index (κ1) is 12.7. The highest BCUT2D eigenvalue weighted by Gasteiger charge is 2.04. The Morgan fingerprint density at radius 3 is 2.11 bits per heavy atom. The molecule has 1 atom stereocenters. The van der Waals surface area contributed by atoms with Crippen molar-refractivity contribution in [2.45, 2.75) is 13.0 Å². The first-order valence-corrected chi connectivity index (χ1v) is 6.20. The smallest absolute Gasteiger partial charge is 0.119 e. The Balaban J connectivity index is 1.70. The number of ether oxygens (including phenoxy) is 2. The van der Waals surface area contributed by atoms with E-state index in [1.807, 2.05) is 48.5 Å². The van der Waals surface area contributed by atoms with Crippen molar-refractivity contribution in [3.8, 4) is 5.75 Å². The monoisotopic (exact) mass is 242 g/mol. The summed E-state index contributed by atoms with van der Waals surface area (Å²) in [6.07, 6.45) is 0.102. The van der Waals surface area contributed by atoms with Gasteiger partial charge in [0.1, 0.15) is 12.4 Å². The van der Waals surface area contributed by atoms with Crippen LogP contribution in [0, 0.1) is 0 Å². The third kappa shape index (κ3) is 3.90. The van der Waals surface area contributed by atoms with Gasteiger partial charge >= 0.3 is 0 Å². The van der Waals surface area contributed by atoms with Crippen molar-refractivity contribution in [2.75, 3.05) is 13.2 Å². The Kier molecular flexibility index (Phi) is 4.79. The van der Waals surface area contributed by atoms with Gasteiger partial charge in [-0.25, -0.2) is 0 Å². The zero-order valence-electron chi connectivity index (χ0n) is 10.6. The van der Waals surface area contributed by atoms with Gasteiger partial charge in [0, 0.05) is 0 Å². The first-order valence-electron chi connectivity index (χ1n) is 6.20. The van der Waals surface area contributed by atoms with Crippen LogP contribution in [0.2, 0.25) is 0 Å². The van der Waals surface area contributed by atoms with Gasteiger partial charge in [-0.05, 0) is 24.6 Å². The third-order valence-corrected chi connectivity index (χ3v) is 2.73. The Bertz CT molecular complexity index is 439. The molecule has 18 heavy (non-hydrogen) atoms. The maximum Gasteiger partial charge on any atom is 0.119 e. The van der Waals surface area contributed by atoms with Crippen LogP contribution in [-0.2, 0) is 4.74 Å². The molecule has 0 aliphatic rings. The molecule has 1 unspecified atom stereocenters. The quantitative estimate of drug-likeness (QED) is 0.716. The van der Waals surface area contributed by atoms with Gasteiger partial charge in [-0.2, -0.15) is 0 Å². The van der Waals surface area contributed by atoms with Crippen LogP contribution >= 0.6 is 0 Å². The Labute approximate surface area is 108 Å². The van der Waals surface area contributed by atoms with E-state index in [0.29, 0.717) is 13.2 Å². The minimum atomic E-state index is 0.102. The third-order valence-electron chi connectivity index (χ3n) is 2.73. The SMILES string of the molecule is CC(OCCOc1ccccc1)c1ccccc1. The van der Waals surface area contributed by atoms with Crippen LogP contribution in [0.5, 0.6) is 5.75 Å². The van der Waals surface area contributed by atoms with Crippen molar-refractivity contribution in [1.82, 2.24) is 0 Å². The molecule has 0 radical (unpaired) electrons. The lowest BCUT2D eigenvalue weighted by Gasteiger charge is -2.13. The molecule has 0 saturated carbocycles. The molecule has 94 valence electrons. The lowest BCUT2D eigenvalue weighted by Crippen LogP contribution is -2.09. The normalized spacial score (nSPS) is 12.1. The maximum absolute atomic E-state index is 5.72. The molecule has 0 amide bonds. The summed E-state index contributed by atoms with van der Waals surface area (Å²) in [5.41, 5.74) is 1.19. The fourth-order valence-electron chi connectivity index (χ4n) is 1.72. The van der Waals surface area contributed by atoms with Gasteiger partial charge in [0.25, 0.3) is 0 Å². The molecule has 0 bridgehead atoms. The minimum absolute atomic E-state index is 0.102. The van der Waals surface area contributed by atoms with Crippen LogP contribution in [-0.4, -0.2) is 13.2 Å². The Morgan fingerprint density at radius 1 is 0.833 bits per heavy atom. The van der Waals surface area contributed by atoms with E-state index in [2.05, 4.69) is 19.1 Å². The van der Waals surface area contributed by atoms with Crippen LogP contribution < -0.4 is 4.74 Å². The standard InChI is InChI=1S/C16H18O2/c1-14(15-8-4-2-5-9-15)17-12-13-18-16-10-6-3-7-11-16/h2-11,14H,12-13H2,1H3. The molecule has 2 nitrogen and oxygen atoms in total. The van der Waals surface area contributed by atoms with Crippen molar-refractivity contribution in [2.24, 2.45) is 0 Å². The second-order valence-corrected chi connectivity index (χ2v) is 4.09. The van der Waals surface area contributed by atoms with E-state index in [0.717, 1.165) is 5.75 Å². The van der Waals surface area contributed by atoms with Gasteiger partial charge in [-0.3, -0.25) is 0 Å². The topological polar surface area (TPSA) is 18.5 Å². The van der Waals surface area contributed by atoms with Crippen molar-refractivity contribution in [3.63, 3.8) is 0 Å². The number of para-hydroxylation sites is 1. The van der Waals surface area contributed by atoms with Gasteiger partial charge < -0.3 is 9.47 Å². The number of hydrogen-bond acceptors (Lipinski definition) is 2. The predicted molar refractivity (Wildman–Crippen MR) is 72.7 cm³/mol. The van der Waals surface area contributed by atoms with Gasteiger partial charge in [0.05, 0.1) is 12.7 Å². The van der Waals surface area contributed by atoms with Crippen LogP contribution in [0.15, 0.2) is 60.7 Å². The summed E-state index contributed by atoms with van der Waals surface area (Å²) in [4.78, 5) is 0. The fraction of sp³-hybridized carbons (Fsp3) is 0.250. The second-order valence-electron chi connectivity index (χ2n) is 4.09. The van der Waals surface area contributed by atoms with Gasteiger partial charge in [0.2, 0.25) is 0 Å². The summed E-state index contributed by atoms with van der Waals surface area (Å²) in [5.74, 6) is 0.883. The highest BCUT2D eigenvalue weighted by Crippen LogP contribution is 2.15. The molecule has 2 aromatic carbocycles. The second kappa shape index (κ2) is 6.82. The zero-order chi connectivity index (χ0) is 12.6. The molecule has 0 aliphatic heterocycles. The van der Waals surface area contributed by atoms with Crippen molar-refractivity contribution >= 4 is 0 Å². The average molecular weight is 242 g/mol. The van der Waals surface area contributed by atoms with E-state index in [-0.39, 0.29) is 6.10 Å². The van der Waals surface area contributed by atoms with Crippen LogP contribution in [0.4, 0.5) is 0 Å². The fourth-order valence-corrected chi connectivity index (χ4v) is 1.72. The first-order chi connectivity index (χ1) is 8.86. The number of benzene rings is 2. The molecule has 0 fully saturated rings. The number of hydrogen-bond donors (Lipinski definition) is 0. The van der Waals surface area contributed by atoms with Crippen LogP contribution in [0.25, 0.3) is 0 Å². The Hall–Kier alpha value is -1.80. The van der Waals surface area contributed by atoms with Crippen molar-refractivity contribution < 1.29 is 9.47 Å². The summed E-state index contributed by atoms with van der Waals surface area (Å²) in [6, 6.07) is 20.0. The largest absolute Gasteiger partial charge is 0.491 e. The molecule has 0 aromatic heterocycles. The van der Waals surface area contributed by atoms with E-state index in [9.17, 15) is 0 Å². The lowest BCUT2D eigenvalue weighted by atomic mass is 10.1. The molecule has 0 heterocycles. The summed E-state index contributed by atoms with van der Waals surface area (Å²) < 4.78 is 11.3. The summed E-state index contributed by atoms with van der Waals surface area (Å²) >= 11 is 0. The lowest BCUT2D eigenvalue weighted by molar-refractivity contribution is 0.0439. The van der Waals surface area contributed by atoms with E-state index < -0.39 is 0 Å². The van der Waals surface area contributed by atoms with Gasteiger partial charge in [0.15, 0.2) is 0 Å². The van der Waals surface area contributed by atoms with Crippen molar-refractivity contribution in [1.29, 1.82) is 0 Å². The average Bonchev–Trinajstić information content (AvgIpc) is 2.45. The Morgan fingerprint density at radius 2 is 1.44 bits per heavy atom. The molecular formula is C16H18O2. The summed E-state index contributed by atoms with van der Waals surface area (Å²) in [6.45, 7) is 3.21. The predicted octanol–water partition coefficient (Wildman–Crippen LogP) is 3.84. The summed E-state index contributed by atoms with van der Waals surface area (Å²) in [5, 5.41) is 0. The molecule has 0 N–H and O–H groups in total. The summed E-state index contributed by atoms with van der Waals surface area (Å²) in [7, 11) is 0. The molecule has 0 aliphatic carbocycles. The molecule has 2 rings (SSSR count). The van der Waals surface area contributed by atoms with E-state index in [1.165, 1.54) is 5.56 Å². The molecule has 0 spiro atoms. The van der Waals surface area contributed by atoms with Crippen molar-refractivity contribution in [3.05, 3.63) is 66.2 Å². The highest BCUT2D eigenvalue weighted by molar-refractivity contribution is 5.20. The highest BCUT2D eigenvalue weighted by atomic mass is 16.5. The number of rotatable bonds is 6. The molecule has 2 heteroatoms. The van der Waals surface area contributed by atoms with Crippen LogP contribution in [0.3, 0.4) is 0 Å². The zero-order valence-corrected chi connectivity index (χ0v) is 10.6. The van der Waals surface area contributed by atoms with E-state index >= 15 is 0 Å². The maximum atomic E-state index is 5.72. The minimum Gasteiger partial charge on any atom is -0.491 e. The van der Waals surface area contributed by atoms with E-state index in [4.69, 9.17) is 9.47 Å².